The van der Waals surface area contributed by atoms with Crippen LogP contribution in [0.25, 0.3) is 0 Å². The van der Waals surface area contributed by atoms with Crippen LogP contribution in [0.2, 0.25) is 0 Å². The molecular formula is C8H7F2N2O. The molecule has 1 aliphatic carbocycles. The highest BCUT2D eigenvalue weighted by Gasteiger charge is 2.26. The van der Waals surface area contributed by atoms with Crippen molar-refractivity contribution in [2.24, 2.45) is 0 Å². The number of alkyl halides is 2. The Labute approximate surface area is 73.8 Å². The molecule has 5 heteroatoms. The van der Waals surface area contributed by atoms with Gasteiger partial charge in [-0.15, -0.1) is 0 Å². The van der Waals surface area contributed by atoms with Gasteiger partial charge in [0.15, 0.2) is 0 Å². The molecule has 0 N–H and O–H groups in total. The average molecular weight is 185 g/mol. The Hall–Kier alpha value is -1.26. The van der Waals surface area contributed by atoms with Crippen LogP contribution in [0.5, 0.6) is 5.88 Å². The maximum Gasteiger partial charge on any atom is 0.388 e. The zero-order chi connectivity index (χ0) is 9.26. The molecule has 0 aromatic carbocycles. The summed E-state index contributed by atoms with van der Waals surface area (Å²) in [5.41, 5.74) is 0. The number of hydrogen-bond acceptors (Lipinski definition) is 3. The van der Waals surface area contributed by atoms with E-state index >= 15 is 0 Å². The molecule has 1 aliphatic rings. The van der Waals surface area contributed by atoms with Crippen molar-refractivity contribution < 1.29 is 13.5 Å². The quantitative estimate of drug-likeness (QED) is 0.719. The highest BCUT2D eigenvalue weighted by atomic mass is 19.3. The summed E-state index contributed by atoms with van der Waals surface area (Å²) < 4.78 is 27.7. The van der Waals surface area contributed by atoms with Gasteiger partial charge in [-0.2, -0.15) is 13.8 Å². The third-order valence-electron chi connectivity index (χ3n) is 1.74. The van der Waals surface area contributed by atoms with Crippen LogP contribution in [0.3, 0.4) is 0 Å². The van der Waals surface area contributed by atoms with Crippen molar-refractivity contribution in [2.45, 2.75) is 25.4 Å². The maximum atomic E-state index is 11.8. The lowest BCUT2D eigenvalue weighted by molar-refractivity contribution is -0.0530. The average Bonchev–Trinajstić information content (AvgIpc) is 2.85. The van der Waals surface area contributed by atoms with Gasteiger partial charge >= 0.3 is 6.61 Å². The molecule has 0 saturated heterocycles. The van der Waals surface area contributed by atoms with Crippen LogP contribution >= 0.6 is 0 Å². The summed E-state index contributed by atoms with van der Waals surface area (Å²) in [5, 5.41) is 0. The van der Waals surface area contributed by atoms with Gasteiger partial charge in [0.05, 0.1) is 6.20 Å². The first-order chi connectivity index (χ1) is 6.25. The van der Waals surface area contributed by atoms with E-state index in [0.29, 0.717) is 11.7 Å². The Balaban J connectivity index is 2.12. The van der Waals surface area contributed by atoms with Gasteiger partial charge in [-0.05, 0) is 12.8 Å². The molecule has 1 fully saturated rings. The van der Waals surface area contributed by atoms with E-state index in [4.69, 9.17) is 0 Å². The third-order valence-corrected chi connectivity index (χ3v) is 1.74. The molecule has 0 amide bonds. The lowest BCUT2D eigenvalue weighted by Crippen LogP contribution is -2.05. The lowest BCUT2D eigenvalue weighted by atomic mass is 10.4. The monoisotopic (exact) mass is 185 g/mol. The maximum absolute atomic E-state index is 11.8. The zero-order valence-electron chi connectivity index (χ0n) is 6.70. The molecule has 0 aliphatic heterocycles. The van der Waals surface area contributed by atoms with Crippen molar-refractivity contribution in [2.75, 3.05) is 0 Å². The third kappa shape index (κ3) is 2.11. The first-order valence-corrected chi connectivity index (χ1v) is 3.95. The minimum atomic E-state index is -2.84. The minimum Gasteiger partial charge on any atom is -0.417 e. The molecule has 0 spiro atoms. The second-order valence-electron chi connectivity index (χ2n) is 2.85. The second-order valence-corrected chi connectivity index (χ2v) is 2.85. The fourth-order valence-corrected chi connectivity index (χ4v) is 1.000. The van der Waals surface area contributed by atoms with Crippen molar-refractivity contribution in [1.29, 1.82) is 0 Å². The van der Waals surface area contributed by atoms with Crippen LogP contribution in [0.15, 0.2) is 6.07 Å². The first kappa shape index (κ1) is 8.34. The van der Waals surface area contributed by atoms with Gasteiger partial charge in [0, 0.05) is 12.0 Å². The standard InChI is InChI=1S/C8H7F2N2O/c9-8(10)13-6-3-4-11-7(12-6)5-1-2-5/h3,5,8H,1-2H2. The molecule has 1 heterocycles. The highest BCUT2D eigenvalue weighted by Crippen LogP contribution is 2.38. The predicted molar refractivity (Wildman–Crippen MR) is 39.5 cm³/mol. The van der Waals surface area contributed by atoms with E-state index in [-0.39, 0.29) is 5.88 Å². The van der Waals surface area contributed by atoms with Gasteiger partial charge in [0.2, 0.25) is 5.88 Å². The van der Waals surface area contributed by atoms with Crippen molar-refractivity contribution >= 4 is 0 Å². The molecule has 1 saturated carbocycles. The number of halogens is 2. The van der Waals surface area contributed by atoms with Gasteiger partial charge in [0.25, 0.3) is 0 Å². The summed E-state index contributed by atoms with van der Waals surface area (Å²) in [7, 11) is 0. The van der Waals surface area contributed by atoms with Gasteiger partial charge in [-0.25, -0.2) is 4.98 Å². The van der Waals surface area contributed by atoms with Crippen LogP contribution in [0.1, 0.15) is 24.6 Å². The van der Waals surface area contributed by atoms with Crippen LogP contribution in [0, 0.1) is 6.20 Å². The Kier molecular flexibility index (Phi) is 2.08. The van der Waals surface area contributed by atoms with Gasteiger partial charge in [-0.1, -0.05) is 0 Å². The molecule has 0 atom stereocenters. The van der Waals surface area contributed by atoms with Gasteiger partial charge < -0.3 is 4.74 Å². The summed E-state index contributed by atoms with van der Waals surface area (Å²) >= 11 is 0. The molecule has 2 rings (SSSR count). The van der Waals surface area contributed by atoms with Crippen LogP contribution < -0.4 is 4.74 Å². The fraction of sp³-hybridized carbons (Fsp3) is 0.500. The van der Waals surface area contributed by atoms with E-state index in [9.17, 15) is 8.78 Å². The van der Waals surface area contributed by atoms with E-state index in [1.165, 1.54) is 6.07 Å². The van der Waals surface area contributed by atoms with Gasteiger partial charge in [-0.3, -0.25) is 0 Å². The van der Waals surface area contributed by atoms with Crippen LogP contribution in [-0.2, 0) is 0 Å². The first-order valence-electron chi connectivity index (χ1n) is 3.95. The minimum absolute atomic E-state index is 0.105. The summed E-state index contributed by atoms with van der Waals surface area (Å²) in [5.74, 6) is 0.766. The van der Waals surface area contributed by atoms with Gasteiger partial charge in [0.1, 0.15) is 5.82 Å². The molecule has 1 aromatic heterocycles. The van der Waals surface area contributed by atoms with E-state index < -0.39 is 6.61 Å². The zero-order valence-corrected chi connectivity index (χ0v) is 6.70. The van der Waals surface area contributed by atoms with E-state index in [0.717, 1.165) is 12.8 Å². The summed E-state index contributed by atoms with van der Waals surface area (Å²) in [6.45, 7) is -2.84. The SMILES string of the molecule is FC(F)Oc1c[c]nc(C2CC2)n1. The van der Waals surface area contributed by atoms with E-state index in [1.54, 1.807) is 0 Å². The molecule has 3 nitrogen and oxygen atoms in total. The number of nitrogens with zero attached hydrogens (tertiary/aromatic N) is 2. The number of rotatable bonds is 3. The molecule has 0 unspecified atom stereocenters. The predicted octanol–water partition coefficient (Wildman–Crippen LogP) is 1.76. The Morgan fingerprint density at radius 2 is 2.31 bits per heavy atom. The number of hydrogen-bond donors (Lipinski definition) is 0. The topological polar surface area (TPSA) is 35.0 Å². The fourth-order valence-electron chi connectivity index (χ4n) is 1.000. The molecule has 69 valence electrons. The van der Waals surface area contributed by atoms with Crippen LogP contribution in [0.4, 0.5) is 8.78 Å². The smallest absolute Gasteiger partial charge is 0.388 e. The molecule has 0 bridgehead atoms. The number of ether oxygens (including phenoxy) is 1. The van der Waals surface area contributed by atoms with E-state index in [1.807, 2.05) is 0 Å². The molecule has 1 radical (unpaired) electrons. The summed E-state index contributed by atoms with van der Waals surface area (Å²) in [6.07, 6.45) is 4.53. The lowest BCUT2D eigenvalue weighted by Gasteiger charge is -2.03. The number of aromatic nitrogens is 2. The largest absolute Gasteiger partial charge is 0.417 e. The Bertz CT molecular complexity index is 302. The molecule has 13 heavy (non-hydrogen) atoms. The van der Waals surface area contributed by atoms with E-state index in [2.05, 4.69) is 20.9 Å². The summed E-state index contributed by atoms with van der Waals surface area (Å²) in [6, 6.07) is 1.21. The van der Waals surface area contributed by atoms with Crippen molar-refractivity contribution in [3.8, 4) is 5.88 Å². The Morgan fingerprint density at radius 3 is 2.92 bits per heavy atom. The summed E-state index contributed by atoms with van der Waals surface area (Å²) in [4.78, 5) is 7.68. The van der Waals surface area contributed by atoms with Crippen molar-refractivity contribution in [3.05, 3.63) is 18.1 Å². The second kappa shape index (κ2) is 3.24. The van der Waals surface area contributed by atoms with Crippen molar-refractivity contribution in [3.63, 3.8) is 0 Å². The highest BCUT2D eigenvalue weighted by molar-refractivity contribution is 5.13. The molecular weight excluding hydrogens is 178 g/mol. The Morgan fingerprint density at radius 1 is 1.54 bits per heavy atom. The normalized spacial score (nSPS) is 16.2. The van der Waals surface area contributed by atoms with Crippen LogP contribution in [-0.4, -0.2) is 16.6 Å². The van der Waals surface area contributed by atoms with Crippen molar-refractivity contribution in [1.82, 2.24) is 9.97 Å². The molecule has 1 aromatic rings.